The summed E-state index contributed by atoms with van der Waals surface area (Å²) in [5, 5.41) is 10.5. The summed E-state index contributed by atoms with van der Waals surface area (Å²) in [4.78, 5) is 29.2. The minimum atomic E-state index is -1.43. The van der Waals surface area contributed by atoms with Gasteiger partial charge in [-0.1, -0.05) is 30.3 Å². The number of aliphatic hydroxyl groups is 1. The van der Waals surface area contributed by atoms with E-state index in [0.717, 1.165) is 10.6 Å². The molecule has 1 unspecified atom stereocenters. The minimum Gasteiger partial charge on any atom is -0.467 e. The van der Waals surface area contributed by atoms with Crippen molar-refractivity contribution in [2.75, 3.05) is 13.7 Å². The summed E-state index contributed by atoms with van der Waals surface area (Å²) in [6, 6.07) is 9.27. The van der Waals surface area contributed by atoms with Gasteiger partial charge in [0, 0.05) is 6.42 Å². The molecule has 0 saturated carbocycles. The Morgan fingerprint density at radius 2 is 2.10 bits per heavy atom. The van der Waals surface area contributed by atoms with E-state index in [4.69, 9.17) is 4.84 Å². The molecule has 1 saturated heterocycles. The molecular weight excluding hydrogens is 262 g/mol. The summed E-state index contributed by atoms with van der Waals surface area (Å²) >= 11 is 0. The SMILES string of the molecule is COC(=O)C1(CO)CCC(=O)N1OCc1ccccc1. The van der Waals surface area contributed by atoms with Crippen molar-refractivity contribution in [3.63, 3.8) is 0 Å². The quantitative estimate of drug-likeness (QED) is 0.801. The Labute approximate surface area is 116 Å². The average Bonchev–Trinajstić information content (AvgIpc) is 2.82. The van der Waals surface area contributed by atoms with Crippen LogP contribution in [0.3, 0.4) is 0 Å². The number of nitrogens with zero attached hydrogens (tertiary/aromatic N) is 1. The molecule has 0 radical (unpaired) electrons. The lowest BCUT2D eigenvalue weighted by Crippen LogP contribution is -2.55. The summed E-state index contributed by atoms with van der Waals surface area (Å²) in [5.74, 6) is -1.00. The Morgan fingerprint density at radius 1 is 1.40 bits per heavy atom. The van der Waals surface area contributed by atoms with Crippen molar-refractivity contribution < 1.29 is 24.3 Å². The van der Waals surface area contributed by atoms with Crippen LogP contribution in [0.1, 0.15) is 18.4 Å². The van der Waals surface area contributed by atoms with E-state index in [1.165, 1.54) is 7.11 Å². The van der Waals surface area contributed by atoms with E-state index in [-0.39, 0.29) is 25.4 Å². The van der Waals surface area contributed by atoms with Crippen molar-refractivity contribution in [1.29, 1.82) is 0 Å². The van der Waals surface area contributed by atoms with Crippen LogP contribution in [0.4, 0.5) is 0 Å². The predicted molar refractivity (Wildman–Crippen MR) is 69.1 cm³/mol. The molecule has 1 aromatic carbocycles. The van der Waals surface area contributed by atoms with Gasteiger partial charge in [-0.25, -0.2) is 9.86 Å². The van der Waals surface area contributed by atoms with Crippen molar-refractivity contribution in [3.05, 3.63) is 35.9 Å². The highest BCUT2D eigenvalue weighted by Crippen LogP contribution is 2.32. The van der Waals surface area contributed by atoms with Gasteiger partial charge in [0.05, 0.1) is 13.7 Å². The third-order valence-corrected chi connectivity index (χ3v) is 3.40. The normalized spacial score (nSPS) is 22.1. The fourth-order valence-electron chi connectivity index (χ4n) is 2.25. The number of carbonyl (C=O) groups excluding carboxylic acids is 2. The van der Waals surface area contributed by atoms with Crippen molar-refractivity contribution >= 4 is 11.9 Å². The first kappa shape index (κ1) is 14.5. The zero-order valence-electron chi connectivity index (χ0n) is 11.2. The van der Waals surface area contributed by atoms with Crippen molar-refractivity contribution in [1.82, 2.24) is 5.06 Å². The number of esters is 1. The molecular formula is C14H17NO5. The maximum absolute atomic E-state index is 11.9. The molecule has 2 rings (SSSR count). The molecule has 0 aromatic heterocycles. The molecule has 20 heavy (non-hydrogen) atoms. The van der Waals surface area contributed by atoms with Gasteiger partial charge in [-0.3, -0.25) is 9.63 Å². The van der Waals surface area contributed by atoms with Crippen LogP contribution in [0.15, 0.2) is 30.3 Å². The van der Waals surface area contributed by atoms with Gasteiger partial charge in [-0.2, -0.15) is 0 Å². The summed E-state index contributed by atoms with van der Waals surface area (Å²) < 4.78 is 4.69. The number of rotatable bonds is 5. The van der Waals surface area contributed by atoms with E-state index in [2.05, 4.69) is 4.74 Å². The minimum absolute atomic E-state index is 0.143. The van der Waals surface area contributed by atoms with Gasteiger partial charge in [-0.15, -0.1) is 0 Å². The largest absolute Gasteiger partial charge is 0.467 e. The third-order valence-electron chi connectivity index (χ3n) is 3.40. The fraction of sp³-hybridized carbons (Fsp3) is 0.429. The van der Waals surface area contributed by atoms with E-state index in [0.29, 0.717) is 0 Å². The lowest BCUT2D eigenvalue weighted by molar-refractivity contribution is -0.228. The molecule has 6 nitrogen and oxygen atoms in total. The van der Waals surface area contributed by atoms with Gasteiger partial charge in [0.2, 0.25) is 5.91 Å². The Hall–Kier alpha value is -1.92. The van der Waals surface area contributed by atoms with Crippen LogP contribution in [-0.2, 0) is 25.8 Å². The first-order valence-corrected chi connectivity index (χ1v) is 6.33. The third kappa shape index (κ3) is 2.52. The highest BCUT2D eigenvalue weighted by atomic mass is 16.7. The van der Waals surface area contributed by atoms with Crippen molar-refractivity contribution in [2.45, 2.75) is 25.0 Å². The van der Waals surface area contributed by atoms with Gasteiger partial charge < -0.3 is 9.84 Å². The van der Waals surface area contributed by atoms with Gasteiger partial charge in [0.25, 0.3) is 0 Å². The molecule has 1 heterocycles. The molecule has 1 amide bonds. The number of ether oxygens (including phenoxy) is 1. The molecule has 1 fully saturated rings. The Morgan fingerprint density at radius 3 is 2.70 bits per heavy atom. The van der Waals surface area contributed by atoms with E-state index < -0.39 is 18.1 Å². The number of amides is 1. The smallest absolute Gasteiger partial charge is 0.336 e. The Balaban J connectivity index is 2.14. The van der Waals surface area contributed by atoms with Crippen LogP contribution in [0.5, 0.6) is 0 Å². The summed E-state index contributed by atoms with van der Waals surface area (Å²) in [6.07, 6.45) is 0.328. The highest BCUT2D eigenvalue weighted by Gasteiger charge is 2.53. The van der Waals surface area contributed by atoms with Gasteiger partial charge in [-0.05, 0) is 12.0 Å². The average molecular weight is 279 g/mol. The standard InChI is InChI=1S/C14H17NO5/c1-19-13(18)14(10-16)8-7-12(17)15(14)20-9-11-5-3-2-4-6-11/h2-6,16H,7-10H2,1H3. The zero-order valence-corrected chi connectivity index (χ0v) is 11.2. The number of hydrogen-bond acceptors (Lipinski definition) is 5. The predicted octanol–water partition coefficient (Wildman–Crippen LogP) is 0.645. The van der Waals surface area contributed by atoms with E-state index in [1.807, 2.05) is 30.3 Å². The van der Waals surface area contributed by atoms with Crippen LogP contribution < -0.4 is 0 Å². The molecule has 0 spiro atoms. The molecule has 1 N–H and O–H groups in total. The van der Waals surface area contributed by atoms with Crippen LogP contribution in [0.2, 0.25) is 0 Å². The van der Waals surface area contributed by atoms with Crippen LogP contribution in [-0.4, -0.2) is 41.3 Å². The molecule has 6 heteroatoms. The molecule has 108 valence electrons. The van der Waals surface area contributed by atoms with Gasteiger partial charge >= 0.3 is 5.97 Å². The molecule has 1 aromatic rings. The Bertz CT molecular complexity index is 490. The molecule has 1 aliphatic rings. The molecule has 0 bridgehead atoms. The van der Waals surface area contributed by atoms with Crippen LogP contribution >= 0.6 is 0 Å². The van der Waals surface area contributed by atoms with Crippen molar-refractivity contribution in [3.8, 4) is 0 Å². The monoisotopic (exact) mass is 279 g/mol. The first-order chi connectivity index (χ1) is 9.64. The number of hydrogen-bond donors (Lipinski definition) is 1. The van der Waals surface area contributed by atoms with E-state index >= 15 is 0 Å². The van der Waals surface area contributed by atoms with Crippen molar-refractivity contribution in [2.24, 2.45) is 0 Å². The number of benzene rings is 1. The molecule has 1 aliphatic heterocycles. The number of methoxy groups -OCH3 is 1. The highest BCUT2D eigenvalue weighted by molar-refractivity contribution is 5.91. The fourth-order valence-corrected chi connectivity index (χ4v) is 2.25. The second-order valence-electron chi connectivity index (χ2n) is 4.63. The zero-order chi connectivity index (χ0) is 14.6. The lowest BCUT2D eigenvalue weighted by Gasteiger charge is -2.32. The second-order valence-corrected chi connectivity index (χ2v) is 4.63. The number of aliphatic hydroxyl groups excluding tert-OH is 1. The summed E-state index contributed by atoms with van der Waals surface area (Å²) in [7, 11) is 1.22. The lowest BCUT2D eigenvalue weighted by atomic mass is 9.99. The van der Waals surface area contributed by atoms with E-state index in [1.54, 1.807) is 0 Å². The number of carbonyl (C=O) groups is 2. The summed E-state index contributed by atoms with van der Waals surface area (Å²) in [5.41, 5.74) is -0.565. The number of hydroxylamine groups is 2. The first-order valence-electron chi connectivity index (χ1n) is 6.33. The maximum Gasteiger partial charge on any atom is 0.336 e. The maximum atomic E-state index is 11.9. The van der Waals surface area contributed by atoms with E-state index in [9.17, 15) is 14.7 Å². The van der Waals surface area contributed by atoms with Gasteiger partial charge in [0.15, 0.2) is 5.54 Å². The van der Waals surface area contributed by atoms with Crippen LogP contribution in [0.25, 0.3) is 0 Å². The topological polar surface area (TPSA) is 76.1 Å². The van der Waals surface area contributed by atoms with Gasteiger partial charge in [0.1, 0.15) is 6.61 Å². The molecule has 1 atom stereocenters. The van der Waals surface area contributed by atoms with Crippen LogP contribution in [0, 0.1) is 0 Å². The second kappa shape index (κ2) is 6.02. The summed E-state index contributed by atoms with van der Waals surface area (Å²) in [6.45, 7) is -0.383. The Kier molecular flexibility index (Phi) is 4.36. The molecule has 0 aliphatic carbocycles.